The molecule has 0 aromatic heterocycles. The third kappa shape index (κ3) is 3.77. The maximum atomic E-state index is 13.3. The molecule has 1 aromatic rings. The number of likely N-dealkylation sites (tertiary alicyclic amines) is 1. The summed E-state index contributed by atoms with van der Waals surface area (Å²) in [4.78, 5) is 2.27. The van der Waals surface area contributed by atoms with Gasteiger partial charge in [0.1, 0.15) is 5.82 Å². The first kappa shape index (κ1) is 14.0. The van der Waals surface area contributed by atoms with Gasteiger partial charge < -0.3 is 10.8 Å². The van der Waals surface area contributed by atoms with E-state index in [1.807, 2.05) is 0 Å². The summed E-state index contributed by atoms with van der Waals surface area (Å²) in [6.07, 6.45) is 1.02. The number of aliphatic hydroxyl groups is 1. The van der Waals surface area contributed by atoms with E-state index in [0.29, 0.717) is 11.5 Å². The number of benzene rings is 1. The molecule has 102 valence electrons. The molecule has 1 aliphatic heterocycles. The van der Waals surface area contributed by atoms with Gasteiger partial charge in [-0.15, -0.1) is 0 Å². The Labute approximate surface area is 113 Å². The highest BCUT2D eigenvalue weighted by Crippen LogP contribution is 2.20. The largest absolute Gasteiger partial charge is 0.396 e. The van der Waals surface area contributed by atoms with Crippen molar-refractivity contribution in [1.29, 1.82) is 0 Å². The molecule has 1 atom stereocenters. The highest BCUT2D eigenvalue weighted by Gasteiger charge is 2.22. The van der Waals surface area contributed by atoms with Gasteiger partial charge in [-0.05, 0) is 36.6 Å². The zero-order chi connectivity index (χ0) is 13.7. The molecule has 2 rings (SSSR count). The lowest BCUT2D eigenvalue weighted by Crippen LogP contribution is -2.21. The lowest BCUT2D eigenvalue weighted by Gasteiger charge is -2.16. The first-order valence-electron chi connectivity index (χ1n) is 6.53. The third-order valence-electron chi connectivity index (χ3n) is 3.42. The molecule has 1 saturated heterocycles. The Hall–Kier alpha value is -1.41. The average molecular weight is 262 g/mol. The van der Waals surface area contributed by atoms with Gasteiger partial charge in [-0.3, -0.25) is 4.90 Å². The first-order valence-corrected chi connectivity index (χ1v) is 6.53. The highest BCUT2D eigenvalue weighted by molar-refractivity contribution is 5.42. The molecule has 4 heteroatoms. The summed E-state index contributed by atoms with van der Waals surface area (Å²) >= 11 is 0. The molecule has 19 heavy (non-hydrogen) atoms. The molecule has 0 aliphatic carbocycles. The minimum Gasteiger partial charge on any atom is -0.396 e. The van der Waals surface area contributed by atoms with E-state index < -0.39 is 0 Å². The molecule has 1 fully saturated rings. The number of nitrogens with zero attached hydrogens (tertiary/aromatic N) is 1. The summed E-state index contributed by atoms with van der Waals surface area (Å²) in [7, 11) is 0. The minimum absolute atomic E-state index is 0.236. The number of nitrogens with two attached hydrogens (primary N) is 1. The fraction of sp³-hybridized carbons (Fsp3) is 0.467. The van der Waals surface area contributed by atoms with Crippen molar-refractivity contribution in [1.82, 2.24) is 4.90 Å². The van der Waals surface area contributed by atoms with Crippen LogP contribution in [0.5, 0.6) is 0 Å². The first-order chi connectivity index (χ1) is 9.22. The van der Waals surface area contributed by atoms with Crippen molar-refractivity contribution in [2.75, 3.05) is 26.2 Å². The van der Waals surface area contributed by atoms with Gasteiger partial charge in [0.2, 0.25) is 0 Å². The molecule has 0 amide bonds. The van der Waals surface area contributed by atoms with Crippen LogP contribution in [0.4, 0.5) is 4.39 Å². The Morgan fingerprint density at radius 2 is 2.32 bits per heavy atom. The predicted molar refractivity (Wildman–Crippen MR) is 72.8 cm³/mol. The van der Waals surface area contributed by atoms with E-state index in [1.165, 1.54) is 12.1 Å². The van der Waals surface area contributed by atoms with E-state index >= 15 is 0 Å². The van der Waals surface area contributed by atoms with Gasteiger partial charge in [-0.2, -0.15) is 0 Å². The zero-order valence-electron chi connectivity index (χ0n) is 10.9. The van der Waals surface area contributed by atoms with Crippen LogP contribution in [0, 0.1) is 23.6 Å². The van der Waals surface area contributed by atoms with Crippen LogP contribution < -0.4 is 5.73 Å². The minimum atomic E-state index is -0.278. The quantitative estimate of drug-likeness (QED) is 0.797. The van der Waals surface area contributed by atoms with E-state index in [-0.39, 0.29) is 19.0 Å². The summed E-state index contributed by atoms with van der Waals surface area (Å²) < 4.78 is 13.3. The summed E-state index contributed by atoms with van der Waals surface area (Å²) in [6.45, 7) is 3.10. The molecule has 1 aliphatic rings. The van der Waals surface area contributed by atoms with Crippen molar-refractivity contribution in [3.05, 3.63) is 35.1 Å². The van der Waals surface area contributed by atoms with E-state index in [2.05, 4.69) is 16.7 Å². The van der Waals surface area contributed by atoms with Crippen molar-refractivity contribution in [2.24, 2.45) is 11.7 Å². The lowest BCUT2D eigenvalue weighted by atomic mass is 10.1. The van der Waals surface area contributed by atoms with E-state index in [0.717, 1.165) is 31.6 Å². The molecule has 1 aromatic carbocycles. The van der Waals surface area contributed by atoms with Crippen LogP contribution in [0.1, 0.15) is 17.5 Å². The van der Waals surface area contributed by atoms with E-state index in [1.54, 1.807) is 6.07 Å². The second-order valence-corrected chi connectivity index (χ2v) is 4.88. The van der Waals surface area contributed by atoms with Crippen LogP contribution >= 0.6 is 0 Å². The second kappa shape index (κ2) is 6.67. The predicted octanol–water partition coefficient (Wildman–Crippen LogP) is 0.950. The standard InChI is InChI=1S/C15H19FN2O/c16-15-4-3-14(13(8-15)2-1-6-17)10-18-7-5-12(9-18)11-19/h3-4,8,12,19H,5-7,9-11,17H2. The highest BCUT2D eigenvalue weighted by atomic mass is 19.1. The van der Waals surface area contributed by atoms with E-state index in [4.69, 9.17) is 10.8 Å². The van der Waals surface area contributed by atoms with Gasteiger partial charge in [0.15, 0.2) is 0 Å². The smallest absolute Gasteiger partial charge is 0.124 e. The Morgan fingerprint density at radius 3 is 3.00 bits per heavy atom. The molecule has 0 saturated carbocycles. The SMILES string of the molecule is NCC#Cc1cc(F)ccc1CN1CCC(CO)C1. The van der Waals surface area contributed by atoms with Crippen LogP contribution in [0.15, 0.2) is 18.2 Å². The monoisotopic (exact) mass is 262 g/mol. The van der Waals surface area contributed by atoms with Crippen LogP contribution in [-0.2, 0) is 6.54 Å². The van der Waals surface area contributed by atoms with Crippen LogP contribution in [0.25, 0.3) is 0 Å². The van der Waals surface area contributed by atoms with Crippen molar-refractivity contribution in [3.63, 3.8) is 0 Å². The summed E-state index contributed by atoms with van der Waals surface area (Å²) in [5.74, 6) is 5.77. The van der Waals surface area contributed by atoms with Crippen LogP contribution in [0.3, 0.4) is 0 Å². The fourth-order valence-electron chi connectivity index (χ4n) is 2.40. The third-order valence-corrected chi connectivity index (χ3v) is 3.42. The number of hydrogen-bond donors (Lipinski definition) is 2. The summed E-state index contributed by atoms with van der Waals surface area (Å²) in [5, 5.41) is 9.14. The van der Waals surface area contributed by atoms with Crippen molar-refractivity contribution in [3.8, 4) is 11.8 Å². The molecule has 3 nitrogen and oxygen atoms in total. The summed E-state index contributed by atoms with van der Waals surface area (Å²) in [5.41, 5.74) is 7.08. The molecular formula is C15H19FN2O. The van der Waals surface area contributed by atoms with Crippen LogP contribution in [-0.4, -0.2) is 36.2 Å². The topological polar surface area (TPSA) is 49.5 Å². The summed E-state index contributed by atoms with van der Waals surface area (Å²) in [6, 6.07) is 4.70. The van der Waals surface area contributed by atoms with Crippen LogP contribution in [0.2, 0.25) is 0 Å². The number of halogens is 1. The number of hydrogen-bond acceptors (Lipinski definition) is 3. The van der Waals surface area contributed by atoms with Gasteiger partial charge in [0.25, 0.3) is 0 Å². The second-order valence-electron chi connectivity index (χ2n) is 4.88. The zero-order valence-corrected chi connectivity index (χ0v) is 10.9. The van der Waals surface area contributed by atoms with Gasteiger partial charge in [0, 0.05) is 25.3 Å². The average Bonchev–Trinajstić information content (AvgIpc) is 2.86. The van der Waals surface area contributed by atoms with Gasteiger partial charge in [-0.25, -0.2) is 4.39 Å². The Kier molecular flexibility index (Phi) is 4.92. The maximum absolute atomic E-state index is 13.3. The Morgan fingerprint density at radius 1 is 1.47 bits per heavy atom. The van der Waals surface area contributed by atoms with Gasteiger partial charge in [-0.1, -0.05) is 17.9 Å². The molecule has 0 spiro atoms. The lowest BCUT2D eigenvalue weighted by molar-refractivity contribution is 0.220. The molecule has 3 N–H and O–H groups in total. The van der Waals surface area contributed by atoms with Gasteiger partial charge in [0.05, 0.1) is 6.54 Å². The van der Waals surface area contributed by atoms with Crippen molar-refractivity contribution in [2.45, 2.75) is 13.0 Å². The molecule has 1 heterocycles. The molecule has 0 radical (unpaired) electrons. The number of aliphatic hydroxyl groups excluding tert-OH is 1. The van der Waals surface area contributed by atoms with Gasteiger partial charge >= 0.3 is 0 Å². The number of rotatable bonds is 3. The molecule has 0 bridgehead atoms. The normalized spacial score (nSPS) is 19.2. The van der Waals surface area contributed by atoms with Crippen molar-refractivity contribution >= 4 is 0 Å². The maximum Gasteiger partial charge on any atom is 0.124 e. The Balaban J connectivity index is 2.11. The molecular weight excluding hydrogens is 243 g/mol. The molecule has 1 unspecified atom stereocenters. The van der Waals surface area contributed by atoms with E-state index in [9.17, 15) is 4.39 Å². The Bertz CT molecular complexity index is 493. The van der Waals surface area contributed by atoms with Crippen molar-refractivity contribution < 1.29 is 9.50 Å². The fourth-order valence-corrected chi connectivity index (χ4v) is 2.40.